The van der Waals surface area contributed by atoms with Crippen molar-refractivity contribution >= 4 is 5.91 Å². The molecular formula is C20H25NO. The SMILES string of the molecule is CCCc1ccc(-c2ccc(CC(C)NC(C)=O)cc2)cc1. The van der Waals surface area contributed by atoms with Crippen LogP contribution in [0.25, 0.3) is 11.1 Å². The first kappa shape index (κ1) is 16.3. The van der Waals surface area contributed by atoms with Gasteiger partial charge in [-0.25, -0.2) is 0 Å². The van der Waals surface area contributed by atoms with Crippen LogP contribution in [0.2, 0.25) is 0 Å². The zero-order chi connectivity index (χ0) is 15.9. The predicted octanol–water partition coefficient (Wildman–Crippen LogP) is 4.37. The van der Waals surface area contributed by atoms with Crippen molar-refractivity contribution in [2.45, 2.75) is 46.1 Å². The molecule has 22 heavy (non-hydrogen) atoms. The molecular weight excluding hydrogens is 270 g/mol. The second kappa shape index (κ2) is 7.79. The first-order valence-electron chi connectivity index (χ1n) is 8.04. The molecule has 2 rings (SSSR count). The van der Waals surface area contributed by atoms with Gasteiger partial charge in [0.15, 0.2) is 0 Å². The fourth-order valence-corrected chi connectivity index (χ4v) is 2.74. The molecule has 0 aliphatic heterocycles. The first-order valence-corrected chi connectivity index (χ1v) is 8.04. The van der Waals surface area contributed by atoms with Crippen LogP contribution in [0.4, 0.5) is 0 Å². The van der Waals surface area contributed by atoms with Gasteiger partial charge in [0, 0.05) is 13.0 Å². The fraction of sp³-hybridized carbons (Fsp3) is 0.350. The first-order chi connectivity index (χ1) is 10.6. The van der Waals surface area contributed by atoms with Crippen molar-refractivity contribution < 1.29 is 4.79 Å². The minimum Gasteiger partial charge on any atom is -0.354 e. The van der Waals surface area contributed by atoms with Gasteiger partial charge in [-0.05, 0) is 42.0 Å². The number of carbonyl (C=O) groups is 1. The lowest BCUT2D eigenvalue weighted by molar-refractivity contribution is -0.119. The molecule has 0 spiro atoms. The molecule has 2 nitrogen and oxygen atoms in total. The van der Waals surface area contributed by atoms with Crippen LogP contribution in [0.5, 0.6) is 0 Å². The number of nitrogens with one attached hydrogen (secondary N) is 1. The van der Waals surface area contributed by atoms with Gasteiger partial charge in [-0.2, -0.15) is 0 Å². The van der Waals surface area contributed by atoms with Crippen molar-refractivity contribution in [3.63, 3.8) is 0 Å². The van der Waals surface area contributed by atoms with Gasteiger partial charge in [0.2, 0.25) is 5.91 Å². The van der Waals surface area contributed by atoms with Gasteiger partial charge in [-0.1, -0.05) is 61.9 Å². The Morgan fingerprint density at radius 2 is 1.45 bits per heavy atom. The van der Waals surface area contributed by atoms with Crippen LogP contribution in [-0.2, 0) is 17.6 Å². The second-order valence-electron chi connectivity index (χ2n) is 5.95. The molecule has 1 amide bonds. The normalized spacial score (nSPS) is 12.0. The third kappa shape index (κ3) is 4.73. The summed E-state index contributed by atoms with van der Waals surface area (Å²) in [7, 11) is 0. The minimum absolute atomic E-state index is 0.0243. The van der Waals surface area contributed by atoms with Crippen LogP contribution in [0.1, 0.15) is 38.3 Å². The molecule has 0 aliphatic carbocycles. The average Bonchev–Trinajstić information content (AvgIpc) is 2.48. The average molecular weight is 295 g/mol. The molecule has 2 aromatic carbocycles. The zero-order valence-electron chi connectivity index (χ0n) is 13.7. The summed E-state index contributed by atoms with van der Waals surface area (Å²) in [5.74, 6) is 0.0243. The molecule has 2 heteroatoms. The Morgan fingerprint density at radius 1 is 0.955 bits per heavy atom. The number of carbonyl (C=O) groups excluding carboxylic acids is 1. The summed E-state index contributed by atoms with van der Waals surface area (Å²) in [4.78, 5) is 11.0. The molecule has 0 radical (unpaired) electrons. The van der Waals surface area contributed by atoms with Crippen molar-refractivity contribution in [3.05, 3.63) is 59.7 Å². The van der Waals surface area contributed by atoms with Crippen LogP contribution >= 0.6 is 0 Å². The summed E-state index contributed by atoms with van der Waals surface area (Å²) >= 11 is 0. The molecule has 1 atom stereocenters. The largest absolute Gasteiger partial charge is 0.354 e. The highest BCUT2D eigenvalue weighted by Crippen LogP contribution is 2.21. The van der Waals surface area contributed by atoms with Crippen molar-refractivity contribution in [1.29, 1.82) is 0 Å². The fourth-order valence-electron chi connectivity index (χ4n) is 2.74. The highest BCUT2D eigenvalue weighted by atomic mass is 16.1. The number of hydrogen-bond acceptors (Lipinski definition) is 1. The third-order valence-corrected chi connectivity index (χ3v) is 3.77. The summed E-state index contributed by atoms with van der Waals surface area (Å²) in [6.07, 6.45) is 3.18. The predicted molar refractivity (Wildman–Crippen MR) is 92.9 cm³/mol. The van der Waals surface area contributed by atoms with Crippen LogP contribution < -0.4 is 5.32 Å². The quantitative estimate of drug-likeness (QED) is 0.842. The van der Waals surface area contributed by atoms with Gasteiger partial charge >= 0.3 is 0 Å². The van der Waals surface area contributed by atoms with Crippen LogP contribution in [0, 0.1) is 0 Å². The molecule has 0 fully saturated rings. The molecule has 1 N–H and O–H groups in total. The van der Waals surface area contributed by atoms with E-state index >= 15 is 0 Å². The molecule has 0 bridgehead atoms. The lowest BCUT2D eigenvalue weighted by atomic mass is 9.99. The number of rotatable bonds is 6. The zero-order valence-corrected chi connectivity index (χ0v) is 13.7. The molecule has 0 saturated heterocycles. The standard InChI is InChI=1S/C20H25NO/c1-4-5-17-6-10-19(11-7-17)20-12-8-18(9-13-20)14-15(2)21-16(3)22/h6-13,15H,4-5,14H2,1-3H3,(H,21,22). The van der Waals surface area contributed by atoms with Crippen LogP contribution in [0.15, 0.2) is 48.5 Å². The lowest BCUT2D eigenvalue weighted by Gasteiger charge is -2.12. The van der Waals surface area contributed by atoms with Crippen LogP contribution in [-0.4, -0.2) is 11.9 Å². The van der Waals surface area contributed by atoms with Gasteiger partial charge in [0.05, 0.1) is 0 Å². The number of benzene rings is 2. The Kier molecular flexibility index (Phi) is 5.76. The lowest BCUT2D eigenvalue weighted by Crippen LogP contribution is -2.31. The maximum absolute atomic E-state index is 11.0. The van der Waals surface area contributed by atoms with Gasteiger partial charge < -0.3 is 5.32 Å². The van der Waals surface area contributed by atoms with Crippen molar-refractivity contribution in [3.8, 4) is 11.1 Å². The monoisotopic (exact) mass is 295 g/mol. The Labute approximate surface area is 133 Å². The Hall–Kier alpha value is -2.09. The van der Waals surface area contributed by atoms with Gasteiger partial charge in [-0.3, -0.25) is 4.79 Å². The van der Waals surface area contributed by atoms with E-state index in [9.17, 15) is 4.79 Å². The van der Waals surface area contributed by atoms with E-state index in [1.165, 1.54) is 28.7 Å². The molecule has 0 saturated carbocycles. The summed E-state index contributed by atoms with van der Waals surface area (Å²) in [5, 5.41) is 2.92. The summed E-state index contributed by atoms with van der Waals surface area (Å²) < 4.78 is 0. The summed E-state index contributed by atoms with van der Waals surface area (Å²) in [6.45, 7) is 5.79. The van der Waals surface area contributed by atoms with Crippen molar-refractivity contribution in [2.75, 3.05) is 0 Å². The van der Waals surface area contributed by atoms with Gasteiger partial charge in [0.25, 0.3) is 0 Å². The Balaban J connectivity index is 2.03. The third-order valence-electron chi connectivity index (χ3n) is 3.77. The van der Waals surface area contributed by atoms with E-state index in [-0.39, 0.29) is 11.9 Å². The molecule has 0 heterocycles. The van der Waals surface area contributed by atoms with Crippen molar-refractivity contribution in [2.24, 2.45) is 0 Å². The smallest absolute Gasteiger partial charge is 0.217 e. The number of hydrogen-bond donors (Lipinski definition) is 1. The molecule has 0 aromatic heterocycles. The second-order valence-corrected chi connectivity index (χ2v) is 5.95. The van der Waals surface area contributed by atoms with Crippen molar-refractivity contribution in [1.82, 2.24) is 5.32 Å². The van der Waals surface area contributed by atoms with Gasteiger partial charge in [-0.15, -0.1) is 0 Å². The summed E-state index contributed by atoms with van der Waals surface area (Å²) in [5.41, 5.74) is 5.12. The van der Waals surface area contributed by atoms with E-state index in [1.807, 2.05) is 6.92 Å². The molecule has 0 aliphatic rings. The Morgan fingerprint density at radius 3 is 1.91 bits per heavy atom. The maximum Gasteiger partial charge on any atom is 0.217 e. The number of aryl methyl sites for hydroxylation is 1. The maximum atomic E-state index is 11.0. The van der Waals surface area contributed by atoms with Crippen LogP contribution in [0.3, 0.4) is 0 Å². The van der Waals surface area contributed by atoms with E-state index in [1.54, 1.807) is 6.92 Å². The topological polar surface area (TPSA) is 29.1 Å². The molecule has 1 unspecified atom stereocenters. The van der Waals surface area contributed by atoms with E-state index < -0.39 is 0 Å². The Bertz CT molecular complexity index is 599. The molecule has 116 valence electrons. The molecule has 2 aromatic rings. The highest BCUT2D eigenvalue weighted by molar-refractivity contribution is 5.73. The van der Waals surface area contributed by atoms with Gasteiger partial charge in [0.1, 0.15) is 0 Å². The van der Waals surface area contributed by atoms with E-state index in [4.69, 9.17) is 0 Å². The van der Waals surface area contributed by atoms with E-state index in [0.29, 0.717) is 0 Å². The van der Waals surface area contributed by atoms with E-state index in [0.717, 1.165) is 12.8 Å². The van der Waals surface area contributed by atoms with E-state index in [2.05, 4.69) is 60.8 Å². The highest BCUT2D eigenvalue weighted by Gasteiger charge is 2.05. The number of amides is 1. The summed E-state index contributed by atoms with van der Waals surface area (Å²) in [6, 6.07) is 17.6. The minimum atomic E-state index is 0.0243.